The van der Waals surface area contributed by atoms with Crippen LogP contribution in [0, 0.1) is 5.82 Å². The second-order valence-corrected chi connectivity index (χ2v) is 18.0. The summed E-state index contributed by atoms with van der Waals surface area (Å²) in [4.78, 5) is 58.1. The summed E-state index contributed by atoms with van der Waals surface area (Å²) in [6.07, 6.45) is 16.0. The van der Waals surface area contributed by atoms with E-state index in [1.165, 1.54) is 73.7 Å². The summed E-state index contributed by atoms with van der Waals surface area (Å²) in [6.45, 7) is 4.56. The van der Waals surface area contributed by atoms with E-state index in [1.54, 1.807) is 24.0 Å². The summed E-state index contributed by atoms with van der Waals surface area (Å²) in [5, 5.41) is 5.02. The fraction of sp³-hybridized carbons (Fsp3) is 0.533. The van der Waals surface area contributed by atoms with Crippen LogP contribution in [0.4, 0.5) is 19.6 Å². The highest BCUT2D eigenvalue weighted by Crippen LogP contribution is 2.39. The van der Waals surface area contributed by atoms with Crippen molar-refractivity contribution in [3.05, 3.63) is 82.6 Å². The van der Waals surface area contributed by atoms with Crippen molar-refractivity contribution >= 4 is 39.9 Å². The average molecular weight is 825 g/mol. The molecule has 1 aliphatic carbocycles. The first-order chi connectivity index (χ1) is 28.7. The summed E-state index contributed by atoms with van der Waals surface area (Å²) >= 11 is 1.28. The van der Waals surface area contributed by atoms with E-state index in [0.29, 0.717) is 61.5 Å². The molecule has 5 aliphatic rings. The average Bonchev–Trinajstić information content (AvgIpc) is 4.07. The molecule has 1 atom stereocenters. The van der Waals surface area contributed by atoms with E-state index < -0.39 is 29.3 Å². The largest absolute Gasteiger partial charge is 0.368 e. The number of amides is 3. The van der Waals surface area contributed by atoms with Gasteiger partial charge in [0.1, 0.15) is 11.5 Å². The van der Waals surface area contributed by atoms with E-state index >= 15 is 8.78 Å². The lowest BCUT2D eigenvalue weighted by molar-refractivity contribution is -0.135. The van der Waals surface area contributed by atoms with Crippen LogP contribution in [0.15, 0.2) is 54.3 Å². The number of nitrogens with one attached hydrogen (secondary N) is 1. The number of benzene rings is 2. The summed E-state index contributed by atoms with van der Waals surface area (Å²) in [5.74, 6) is -1.45. The lowest BCUT2D eigenvalue weighted by Gasteiger charge is -2.42. The highest BCUT2D eigenvalue weighted by Gasteiger charge is 2.43. The molecule has 2 saturated heterocycles. The number of hydrogen-bond donors (Lipinski definition) is 1. The minimum atomic E-state index is -1.43. The van der Waals surface area contributed by atoms with Gasteiger partial charge in [0.2, 0.25) is 5.91 Å². The Balaban J connectivity index is 0.816. The normalized spacial score (nSPS) is 20.8. The maximum Gasteiger partial charge on any atom is 0.255 e. The van der Waals surface area contributed by atoms with Crippen LogP contribution in [-0.4, -0.2) is 97.9 Å². The first-order valence-electron chi connectivity index (χ1n) is 21.7. The van der Waals surface area contributed by atoms with Crippen molar-refractivity contribution in [2.45, 2.75) is 114 Å². The Labute approximate surface area is 348 Å². The van der Waals surface area contributed by atoms with Crippen LogP contribution in [0.3, 0.4) is 0 Å². The van der Waals surface area contributed by atoms with Gasteiger partial charge >= 0.3 is 0 Å². The molecule has 9 rings (SSSR count). The summed E-state index contributed by atoms with van der Waals surface area (Å²) < 4.78 is 34.0. The Morgan fingerprint density at radius 2 is 1.61 bits per heavy atom. The molecule has 1 N–H and O–H groups in total. The van der Waals surface area contributed by atoms with Gasteiger partial charge in [-0.15, -0.1) is 11.3 Å². The first kappa shape index (κ1) is 39.8. The van der Waals surface area contributed by atoms with Crippen molar-refractivity contribution in [3.63, 3.8) is 0 Å². The van der Waals surface area contributed by atoms with Gasteiger partial charge in [-0.3, -0.25) is 19.7 Å². The van der Waals surface area contributed by atoms with E-state index in [9.17, 15) is 14.4 Å². The fourth-order valence-electron chi connectivity index (χ4n) is 10.1. The number of rotatable bonds is 9. The Kier molecular flexibility index (Phi) is 11.5. The lowest BCUT2D eigenvalue weighted by atomic mass is 9.87. The van der Waals surface area contributed by atoms with Crippen LogP contribution >= 0.6 is 11.3 Å². The number of anilines is 2. The van der Waals surface area contributed by atoms with Gasteiger partial charge in [0, 0.05) is 85.9 Å². The third kappa shape index (κ3) is 8.39. The molecular formula is C45H54F2N8O3S. The molecule has 3 fully saturated rings. The number of halogens is 2. The second kappa shape index (κ2) is 17.1. The number of alkyl halides is 1. The molecule has 4 aromatic rings. The minimum absolute atomic E-state index is 0.0380. The number of carbonyl (C=O) groups is 3. The van der Waals surface area contributed by atoms with Crippen molar-refractivity contribution in [2.75, 3.05) is 49.5 Å². The molecule has 2 aromatic carbocycles. The molecule has 6 heterocycles. The molecule has 0 spiro atoms. The van der Waals surface area contributed by atoms with E-state index in [2.05, 4.69) is 25.1 Å². The van der Waals surface area contributed by atoms with Gasteiger partial charge in [-0.1, -0.05) is 50.7 Å². The van der Waals surface area contributed by atoms with Crippen molar-refractivity contribution in [1.29, 1.82) is 0 Å². The monoisotopic (exact) mass is 824 g/mol. The molecule has 3 amide bonds. The second-order valence-electron chi connectivity index (χ2n) is 17.2. The summed E-state index contributed by atoms with van der Waals surface area (Å²) in [6, 6.07) is 10.5. The number of piperazine rings is 1. The molecule has 59 heavy (non-hydrogen) atoms. The van der Waals surface area contributed by atoms with Crippen LogP contribution in [0.25, 0.3) is 11.1 Å². The predicted molar refractivity (Wildman–Crippen MR) is 225 cm³/mol. The van der Waals surface area contributed by atoms with Crippen LogP contribution in [-0.2, 0) is 29.1 Å². The van der Waals surface area contributed by atoms with Crippen LogP contribution < -0.4 is 10.2 Å². The minimum Gasteiger partial charge on any atom is -0.368 e. The maximum absolute atomic E-state index is 16.1. The number of aryl methyl sites for hydroxylation is 1. The third-order valence-electron chi connectivity index (χ3n) is 13.5. The van der Waals surface area contributed by atoms with E-state index in [-0.39, 0.29) is 30.0 Å². The third-order valence-corrected chi connectivity index (χ3v) is 14.2. The van der Waals surface area contributed by atoms with Gasteiger partial charge in [0.15, 0.2) is 11.2 Å². The number of fused-ring (bicyclic) bond motifs is 2. The molecule has 0 bridgehead atoms. The molecule has 0 radical (unpaired) electrons. The molecule has 2 aromatic heterocycles. The Bertz CT molecular complexity index is 2130. The van der Waals surface area contributed by atoms with Crippen molar-refractivity contribution in [1.82, 2.24) is 29.2 Å². The van der Waals surface area contributed by atoms with Gasteiger partial charge in [-0.25, -0.2) is 18.7 Å². The lowest BCUT2D eigenvalue weighted by Crippen LogP contribution is -2.52. The molecule has 11 nitrogen and oxygen atoms in total. The molecule has 4 aliphatic heterocycles. The Hall–Kier alpha value is -4.69. The van der Waals surface area contributed by atoms with Crippen molar-refractivity contribution < 1.29 is 23.2 Å². The van der Waals surface area contributed by atoms with E-state index in [1.807, 2.05) is 33.7 Å². The quantitative estimate of drug-likeness (QED) is 0.184. The Morgan fingerprint density at radius 1 is 0.881 bits per heavy atom. The highest BCUT2D eigenvalue weighted by molar-refractivity contribution is 7.13. The van der Waals surface area contributed by atoms with E-state index in [0.717, 1.165) is 49.4 Å². The first-order valence-corrected chi connectivity index (χ1v) is 22.5. The number of likely N-dealkylation sites (tertiary alicyclic amines) is 1. The number of nitrogens with zero attached hydrogens (tertiary/aromatic N) is 7. The molecule has 1 unspecified atom stereocenters. The molecule has 312 valence electrons. The number of hydrogen-bond acceptors (Lipinski definition) is 8. The molecular weight excluding hydrogens is 771 g/mol. The zero-order valence-corrected chi connectivity index (χ0v) is 34.5. The smallest absolute Gasteiger partial charge is 0.255 e. The zero-order chi connectivity index (χ0) is 40.5. The van der Waals surface area contributed by atoms with Crippen molar-refractivity contribution in [2.24, 2.45) is 0 Å². The van der Waals surface area contributed by atoms with Crippen LogP contribution in [0.1, 0.15) is 110 Å². The van der Waals surface area contributed by atoms with Crippen LogP contribution in [0.5, 0.6) is 0 Å². The van der Waals surface area contributed by atoms with Gasteiger partial charge in [-0.05, 0) is 73.9 Å². The standard InChI is InChI=1S/C45H54F2N8O3S/c46-37-27-32(26-35-36(37)29-55(43(35)58)41(42(57)50-44-48-17-25-59-44)40-38-10-7-18-54(38)30-49-40)31-11-13-34(14-12-31)52-21-23-53(24-22-52)39(56)28-45(47)15-19-51(20-16-45)33-8-5-3-1-2-4-6-9-33/h11-14,17,25-27,30,33,41H,1-10,15-16,18-24,28-29H2,(H,48,50,57). The van der Waals surface area contributed by atoms with Gasteiger partial charge in [0.25, 0.3) is 11.8 Å². The maximum atomic E-state index is 16.1. The van der Waals surface area contributed by atoms with Gasteiger partial charge in [-0.2, -0.15) is 0 Å². The SMILES string of the molecule is O=C(Nc1nccs1)C(c1ncn2c1CCC2)N1Cc2c(F)cc(-c3ccc(N4CCN(C(=O)CC5(F)CCN(C6CCCCCCCC6)CC5)CC4)cc3)cc2C1=O. The van der Waals surface area contributed by atoms with Crippen LogP contribution in [0.2, 0.25) is 0 Å². The summed E-state index contributed by atoms with van der Waals surface area (Å²) in [5.41, 5.74) is 2.78. The number of aromatic nitrogens is 3. The zero-order valence-electron chi connectivity index (χ0n) is 33.7. The highest BCUT2D eigenvalue weighted by atomic mass is 32.1. The van der Waals surface area contributed by atoms with Gasteiger partial charge < -0.3 is 24.2 Å². The Morgan fingerprint density at radius 3 is 2.32 bits per heavy atom. The summed E-state index contributed by atoms with van der Waals surface area (Å²) in [7, 11) is 0. The number of piperidine rings is 1. The molecule has 14 heteroatoms. The topological polar surface area (TPSA) is 107 Å². The molecule has 1 saturated carbocycles. The number of thiazole rings is 1. The number of carbonyl (C=O) groups excluding carboxylic acids is 3. The van der Waals surface area contributed by atoms with Gasteiger partial charge in [0.05, 0.1) is 25.0 Å². The predicted octanol–water partition coefficient (Wildman–Crippen LogP) is 7.77. The fourth-order valence-corrected chi connectivity index (χ4v) is 10.6. The van der Waals surface area contributed by atoms with E-state index in [4.69, 9.17) is 0 Å². The van der Waals surface area contributed by atoms with Crippen molar-refractivity contribution in [3.8, 4) is 11.1 Å². The number of imidazole rings is 1.